The molecule has 0 bridgehead atoms. The van der Waals surface area contributed by atoms with Gasteiger partial charge in [-0.2, -0.15) is 5.10 Å². The Labute approximate surface area is 163 Å². The van der Waals surface area contributed by atoms with Crippen LogP contribution in [0.5, 0.6) is 0 Å². The zero-order chi connectivity index (χ0) is 19.4. The summed E-state index contributed by atoms with van der Waals surface area (Å²) in [6.45, 7) is 0.343. The molecule has 0 radical (unpaired) electrons. The number of rotatable bonds is 4. The zero-order valence-corrected chi connectivity index (χ0v) is 16.0. The summed E-state index contributed by atoms with van der Waals surface area (Å²) in [6.07, 6.45) is 0.281. The molecule has 6 nitrogen and oxygen atoms in total. The number of anilines is 1. The van der Waals surface area contributed by atoms with E-state index in [9.17, 15) is 9.59 Å². The van der Waals surface area contributed by atoms with Gasteiger partial charge in [-0.05, 0) is 29.8 Å². The van der Waals surface area contributed by atoms with E-state index in [2.05, 4.69) is 10.4 Å². The van der Waals surface area contributed by atoms with Crippen molar-refractivity contribution in [2.75, 3.05) is 26.0 Å². The van der Waals surface area contributed by atoms with Crippen LogP contribution in [0.2, 0.25) is 5.02 Å². The highest BCUT2D eigenvalue weighted by Gasteiger charge is 2.33. The summed E-state index contributed by atoms with van der Waals surface area (Å²) in [6, 6.07) is 16.1. The number of amides is 3. The van der Waals surface area contributed by atoms with Crippen LogP contribution in [0.25, 0.3) is 0 Å². The molecule has 3 rings (SSSR count). The maximum Gasteiger partial charge on any atom is 0.342 e. The zero-order valence-electron chi connectivity index (χ0n) is 15.2. The van der Waals surface area contributed by atoms with Gasteiger partial charge in [0.1, 0.15) is 0 Å². The fraction of sp³-hybridized carbons (Fsp3) is 0.250. The molecule has 1 aliphatic heterocycles. The van der Waals surface area contributed by atoms with Crippen molar-refractivity contribution >= 4 is 34.9 Å². The molecule has 3 amide bonds. The molecule has 0 saturated heterocycles. The minimum atomic E-state index is -0.326. The summed E-state index contributed by atoms with van der Waals surface area (Å²) >= 11 is 5.97. The van der Waals surface area contributed by atoms with Gasteiger partial charge in [-0.3, -0.25) is 4.79 Å². The van der Waals surface area contributed by atoms with E-state index >= 15 is 0 Å². The number of carbonyl (C=O) groups excluding carboxylic acids is 2. The third-order valence-electron chi connectivity index (χ3n) is 4.33. The van der Waals surface area contributed by atoms with Gasteiger partial charge in [-0.1, -0.05) is 41.9 Å². The van der Waals surface area contributed by atoms with Crippen LogP contribution in [-0.4, -0.2) is 48.2 Å². The van der Waals surface area contributed by atoms with Crippen molar-refractivity contribution < 1.29 is 9.59 Å². The fourth-order valence-electron chi connectivity index (χ4n) is 2.85. The van der Waals surface area contributed by atoms with E-state index in [1.165, 1.54) is 5.01 Å². The standard InChI is InChI=1S/C20H21ClN4O2/c1-24(2)18(26)12-15-13-25(20(27)22-17-6-4-3-5-7-17)23-19(15)14-8-10-16(21)11-9-14/h3-11,15H,12-13H2,1-2H3,(H,22,27). The lowest BCUT2D eigenvalue weighted by atomic mass is 9.94. The number of carbonyl (C=O) groups is 2. The third kappa shape index (κ3) is 4.65. The quantitative estimate of drug-likeness (QED) is 0.873. The Balaban J connectivity index is 1.82. The Bertz CT molecular complexity index is 850. The lowest BCUT2D eigenvalue weighted by molar-refractivity contribution is -0.129. The van der Waals surface area contributed by atoms with Crippen molar-refractivity contribution in [3.05, 3.63) is 65.2 Å². The first-order valence-corrected chi connectivity index (χ1v) is 9.00. The second kappa shape index (κ2) is 8.22. The van der Waals surface area contributed by atoms with Crippen molar-refractivity contribution in [3.63, 3.8) is 0 Å². The van der Waals surface area contributed by atoms with Crippen LogP contribution in [0, 0.1) is 5.92 Å². The van der Waals surface area contributed by atoms with Crippen LogP contribution in [0.1, 0.15) is 12.0 Å². The molecule has 1 unspecified atom stereocenters. The van der Waals surface area contributed by atoms with Gasteiger partial charge in [0.2, 0.25) is 5.91 Å². The molecule has 1 aliphatic rings. The van der Waals surface area contributed by atoms with Crippen LogP contribution in [0.3, 0.4) is 0 Å². The number of urea groups is 1. The molecule has 1 heterocycles. The predicted molar refractivity (Wildman–Crippen MR) is 107 cm³/mol. The van der Waals surface area contributed by atoms with Gasteiger partial charge in [-0.25, -0.2) is 9.80 Å². The smallest absolute Gasteiger partial charge is 0.342 e. The topological polar surface area (TPSA) is 65.0 Å². The number of benzene rings is 2. The van der Waals surface area contributed by atoms with E-state index in [0.717, 1.165) is 5.56 Å². The Kier molecular flexibility index (Phi) is 5.76. The van der Waals surface area contributed by atoms with Crippen molar-refractivity contribution in [1.82, 2.24) is 9.91 Å². The average Bonchev–Trinajstić information content (AvgIpc) is 3.07. The van der Waals surface area contributed by atoms with Crippen LogP contribution in [-0.2, 0) is 4.79 Å². The summed E-state index contributed by atoms with van der Waals surface area (Å²) in [7, 11) is 3.44. The summed E-state index contributed by atoms with van der Waals surface area (Å²) in [4.78, 5) is 26.4. The molecule has 1 atom stereocenters. The molecular formula is C20H21ClN4O2. The van der Waals surface area contributed by atoms with Gasteiger partial charge in [0.15, 0.2) is 0 Å². The summed E-state index contributed by atoms with van der Waals surface area (Å²) < 4.78 is 0. The minimum absolute atomic E-state index is 0.00742. The number of hydrazone groups is 1. The van der Waals surface area contributed by atoms with Gasteiger partial charge in [-0.15, -0.1) is 0 Å². The predicted octanol–water partition coefficient (Wildman–Crippen LogP) is 3.69. The largest absolute Gasteiger partial charge is 0.349 e. The number of nitrogens with zero attached hydrogens (tertiary/aromatic N) is 3. The van der Waals surface area contributed by atoms with Gasteiger partial charge in [0.05, 0.1) is 12.3 Å². The molecule has 140 valence electrons. The van der Waals surface area contributed by atoms with Crippen molar-refractivity contribution in [3.8, 4) is 0 Å². The van der Waals surface area contributed by atoms with Crippen molar-refractivity contribution in [1.29, 1.82) is 0 Å². The summed E-state index contributed by atoms with van der Waals surface area (Å²) in [5.41, 5.74) is 2.26. The van der Waals surface area contributed by atoms with E-state index in [4.69, 9.17) is 11.6 Å². The normalized spacial score (nSPS) is 16.0. The Morgan fingerprint density at radius 3 is 2.44 bits per heavy atom. The average molecular weight is 385 g/mol. The van der Waals surface area contributed by atoms with Crippen molar-refractivity contribution in [2.24, 2.45) is 11.0 Å². The summed E-state index contributed by atoms with van der Waals surface area (Å²) in [5.74, 6) is -0.186. The number of para-hydroxylation sites is 1. The second-order valence-corrected chi connectivity index (χ2v) is 7.00. The molecule has 0 aliphatic carbocycles. The van der Waals surface area contributed by atoms with Crippen LogP contribution in [0.15, 0.2) is 59.7 Å². The maximum absolute atomic E-state index is 12.6. The monoisotopic (exact) mass is 384 g/mol. The van der Waals surface area contributed by atoms with Gasteiger partial charge >= 0.3 is 6.03 Å². The Morgan fingerprint density at radius 2 is 1.81 bits per heavy atom. The third-order valence-corrected chi connectivity index (χ3v) is 4.58. The van der Waals surface area contributed by atoms with E-state index in [1.54, 1.807) is 31.1 Å². The molecule has 27 heavy (non-hydrogen) atoms. The molecule has 2 aromatic carbocycles. The highest BCUT2D eigenvalue weighted by molar-refractivity contribution is 6.30. The highest BCUT2D eigenvalue weighted by Crippen LogP contribution is 2.25. The number of nitrogens with one attached hydrogen (secondary N) is 1. The second-order valence-electron chi connectivity index (χ2n) is 6.56. The molecule has 0 fully saturated rings. The van der Waals surface area contributed by atoms with Crippen LogP contribution in [0.4, 0.5) is 10.5 Å². The van der Waals surface area contributed by atoms with E-state index in [1.807, 2.05) is 42.5 Å². The van der Waals surface area contributed by atoms with Gasteiger partial charge < -0.3 is 10.2 Å². The Morgan fingerprint density at radius 1 is 1.15 bits per heavy atom. The fourth-order valence-corrected chi connectivity index (χ4v) is 2.98. The molecule has 0 aromatic heterocycles. The van der Waals surface area contributed by atoms with Crippen LogP contribution >= 0.6 is 11.6 Å². The first kappa shape index (κ1) is 18.9. The minimum Gasteiger partial charge on any atom is -0.349 e. The molecule has 0 spiro atoms. The van der Waals surface area contributed by atoms with Gasteiger partial charge in [0.25, 0.3) is 0 Å². The number of halogens is 1. The van der Waals surface area contributed by atoms with E-state index in [0.29, 0.717) is 23.0 Å². The summed E-state index contributed by atoms with van der Waals surface area (Å²) in [5, 5.41) is 9.33. The van der Waals surface area contributed by atoms with Crippen molar-refractivity contribution in [2.45, 2.75) is 6.42 Å². The first-order chi connectivity index (χ1) is 12.9. The molecule has 7 heteroatoms. The molecule has 1 N–H and O–H groups in total. The maximum atomic E-state index is 12.6. The van der Waals surface area contributed by atoms with E-state index in [-0.39, 0.29) is 24.3 Å². The lowest BCUT2D eigenvalue weighted by Crippen LogP contribution is -2.33. The highest BCUT2D eigenvalue weighted by atomic mass is 35.5. The molecule has 0 saturated carbocycles. The lowest BCUT2D eigenvalue weighted by Gasteiger charge is -2.17. The SMILES string of the molecule is CN(C)C(=O)CC1CN(C(=O)Nc2ccccc2)N=C1c1ccc(Cl)cc1. The number of hydrogen-bond acceptors (Lipinski definition) is 3. The van der Waals surface area contributed by atoms with Crippen LogP contribution < -0.4 is 5.32 Å². The Hall–Kier alpha value is -2.86. The van der Waals surface area contributed by atoms with E-state index < -0.39 is 0 Å². The first-order valence-electron chi connectivity index (χ1n) is 8.62. The number of hydrogen-bond donors (Lipinski definition) is 1. The molecular weight excluding hydrogens is 364 g/mol. The van der Waals surface area contributed by atoms with Gasteiger partial charge in [0, 0.05) is 37.1 Å². The molecule has 2 aromatic rings.